The van der Waals surface area contributed by atoms with Gasteiger partial charge in [0.15, 0.2) is 0 Å². The molecule has 0 bridgehead atoms. The highest BCUT2D eigenvalue weighted by Crippen LogP contribution is 2.23. The Kier molecular flexibility index (Phi) is 11.2. The molecule has 5 nitrogen and oxygen atoms in total. The number of nitrogens with zero attached hydrogens (tertiary/aromatic N) is 2. The molecule has 2 aromatic carbocycles. The van der Waals surface area contributed by atoms with Crippen molar-refractivity contribution in [2.75, 3.05) is 11.1 Å². The van der Waals surface area contributed by atoms with Crippen LogP contribution in [0.15, 0.2) is 42.5 Å². The second-order valence-corrected chi connectivity index (χ2v) is 8.70. The van der Waals surface area contributed by atoms with E-state index in [0.29, 0.717) is 11.5 Å². The van der Waals surface area contributed by atoms with Crippen molar-refractivity contribution in [3.63, 3.8) is 0 Å². The van der Waals surface area contributed by atoms with Gasteiger partial charge in [0.1, 0.15) is 0 Å². The molecule has 1 aromatic heterocycles. The zero-order chi connectivity index (χ0) is 22.8. The Morgan fingerprint density at radius 2 is 1.58 bits per heavy atom. The van der Waals surface area contributed by atoms with Crippen LogP contribution in [-0.4, -0.2) is 15.5 Å². The molecule has 3 N–H and O–H groups in total. The number of halogens is 1. The molecular formula is C27H39ClN4O. The molecule has 6 heteroatoms. The number of amides is 1. The zero-order valence-corrected chi connectivity index (χ0v) is 20.9. The van der Waals surface area contributed by atoms with Crippen molar-refractivity contribution in [3.05, 3.63) is 53.6 Å². The van der Waals surface area contributed by atoms with Gasteiger partial charge >= 0.3 is 0 Å². The molecule has 1 heterocycles. The number of carbonyl (C=O) groups excluding carboxylic acids is 1. The third-order valence-corrected chi connectivity index (χ3v) is 6.06. The van der Waals surface area contributed by atoms with Crippen molar-refractivity contribution >= 4 is 41.0 Å². The molecule has 3 aromatic rings. The summed E-state index contributed by atoms with van der Waals surface area (Å²) in [5, 5.41) is 2.99. The van der Waals surface area contributed by atoms with Crippen molar-refractivity contribution in [1.29, 1.82) is 0 Å². The van der Waals surface area contributed by atoms with Crippen LogP contribution in [-0.2, 0) is 13.0 Å². The molecule has 3 rings (SSSR count). The molecule has 0 saturated carbocycles. The quantitative estimate of drug-likeness (QED) is 0.256. The first-order valence-corrected chi connectivity index (χ1v) is 12.3. The van der Waals surface area contributed by atoms with Gasteiger partial charge in [0.05, 0.1) is 11.0 Å². The van der Waals surface area contributed by atoms with Gasteiger partial charge in [0.25, 0.3) is 5.91 Å². The minimum absolute atomic E-state index is 0. The van der Waals surface area contributed by atoms with Gasteiger partial charge in [-0.2, -0.15) is 0 Å². The lowest BCUT2D eigenvalue weighted by molar-refractivity contribution is 0.102. The number of nitrogen functional groups attached to an aromatic ring is 1. The number of nitrogens with one attached hydrogen (secondary N) is 1. The van der Waals surface area contributed by atoms with Crippen molar-refractivity contribution in [1.82, 2.24) is 9.55 Å². The van der Waals surface area contributed by atoms with Gasteiger partial charge in [-0.25, -0.2) is 4.98 Å². The maximum Gasteiger partial charge on any atom is 0.255 e. The summed E-state index contributed by atoms with van der Waals surface area (Å²) in [5.41, 5.74) is 10.7. The van der Waals surface area contributed by atoms with Crippen molar-refractivity contribution in [3.8, 4) is 0 Å². The van der Waals surface area contributed by atoms with Crippen LogP contribution in [0.3, 0.4) is 0 Å². The molecule has 0 aliphatic carbocycles. The lowest BCUT2D eigenvalue weighted by Crippen LogP contribution is -2.11. The van der Waals surface area contributed by atoms with E-state index < -0.39 is 0 Å². The van der Waals surface area contributed by atoms with Crippen LogP contribution in [0, 0.1) is 0 Å². The van der Waals surface area contributed by atoms with Crippen LogP contribution in [0.4, 0.5) is 11.6 Å². The van der Waals surface area contributed by atoms with Gasteiger partial charge in [0, 0.05) is 17.8 Å². The van der Waals surface area contributed by atoms with E-state index in [1.165, 1.54) is 56.9 Å². The third kappa shape index (κ3) is 7.78. The number of benzene rings is 2. The van der Waals surface area contributed by atoms with E-state index in [1.807, 2.05) is 30.3 Å². The molecule has 0 spiro atoms. The van der Waals surface area contributed by atoms with Crippen LogP contribution < -0.4 is 11.1 Å². The maximum absolute atomic E-state index is 12.7. The lowest BCUT2D eigenvalue weighted by Gasteiger charge is -2.08. The van der Waals surface area contributed by atoms with Gasteiger partial charge in [-0.15, -0.1) is 12.4 Å². The average molecular weight is 471 g/mol. The number of aryl methyl sites for hydroxylation is 2. The van der Waals surface area contributed by atoms with Crippen LogP contribution in [0.25, 0.3) is 11.0 Å². The second kappa shape index (κ2) is 13.9. The second-order valence-electron chi connectivity index (χ2n) is 8.70. The normalized spacial score (nSPS) is 10.8. The van der Waals surface area contributed by atoms with Crippen molar-refractivity contribution in [2.24, 2.45) is 0 Å². The highest BCUT2D eigenvalue weighted by molar-refractivity contribution is 6.05. The minimum atomic E-state index is -0.107. The Morgan fingerprint density at radius 3 is 2.30 bits per heavy atom. The van der Waals surface area contributed by atoms with Gasteiger partial charge < -0.3 is 15.6 Å². The van der Waals surface area contributed by atoms with E-state index in [2.05, 4.69) is 40.8 Å². The first-order chi connectivity index (χ1) is 15.6. The minimum Gasteiger partial charge on any atom is -0.369 e. The number of hydrogen-bond donors (Lipinski definition) is 2. The summed E-state index contributed by atoms with van der Waals surface area (Å²) >= 11 is 0. The fraction of sp³-hybridized carbons (Fsp3) is 0.481. The highest BCUT2D eigenvalue weighted by atomic mass is 35.5. The van der Waals surface area contributed by atoms with E-state index in [4.69, 9.17) is 5.73 Å². The molecule has 0 saturated heterocycles. The van der Waals surface area contributed by atoms with Crippen LogP contribution in [0.2, 0.25) is 0 Å². The number of hydrogen-bond acceptors (Lipinski definition) is 3. The molecule has 0 radical (unpaired) electrons. The van der Waals surface area contributed by atoms with E-state index in [1.54, 1.807) is 0 Å². The molecule has 0 aliphatic rings. The topological polar surface area (TPSA) is 72.9 Å². The Hall–Kier alpha value is -2.53. The molecular weight excluding hydrogens is 432 g/mol. The monoisotopic (exact) mass is 470 g/mol. The van der Waals surface area contributed by atoms with Crippen LogP contribution in [0.1, 0.15) is 87.6 Å². The van der Waals surface area contributed by atoms with Crippen molar-refractivity contribution < 1.29 is 4.79 Å². The van der Waals surface area contributed by atoms with Crippen molar-refractivity contribution in [2.45, 2.75) is 84.6 Å². The van der Waals surface area contributed by atoms with Crippen LogP contribution in [0.5, 0.6) is 0 Å². The number of aromatic nitrogens is 2. The predicted octanol–water partition coefficient (Wildman–Crippen LogP) is 7.39. The molecule has 0 unspecified atom stereocenters. The standard InChI is InChI=1S/C27H38N4O.ClH/c1-3-5-7-8-9-11-19-31-25-18-17-23(20-24(25)30-27(31)28)29-26(32)22-15-13-21(14-16-22)12-10-6-4-2;/h13-18,20H,3-12,19H2,1-2H3,(H2,28,30)(H,29,32);1H. The number of rotatable bonds is 13. The third-order valence-electron chi connectivity index (χ3n) is 6.06. The summed E-state index contributed by atoms with van der Waals surface area (Å²) in [4.78, 5) is 17.2. The Labute approximate surface area is 204 Å². The summed E-state index contributed by atoms with van der Waals surface area (Å²) in [5.74, 6) is 0.430. The molecule has 1 amide bonds. The maximum atomic E-state index is 12.7. The summed E-state index contributed by atoms with van der Waals surface area (Å²) in [6, 6.07) is 13.8. The molecule has 180 valence electrons. The molecule has 0 fully saturated rings. The highest BCUT2D eigenvalue weighted by Gasteiger charge is 2.11. The summed E-state index contributed by atoms with van der Waals surface area (Å²) in [6.45, 7) is 5.32. The Morgan fingerprint density at radius 1 is 0.909 bits per heavy atom. The van der Waals surface area contributed by atoms with E-state index in [-0.39, 0.29) is 18.3 Å². The predicted molar refractivity (Wildman–Crippen MR) is 142 cm³/mol. The first kappa shape index (κ1) is 26.7. The Balaban J connectivity index is 0.00000385. The van der Waals surface area contributed by atoms with E-state index >= 15 is 0 Å². The smallest absolute Gasteiger partial charge is 0.255 e. The number of anilines is 2. The summed E-state index contributed by atoms with van der Waals surface area (Å²) < 4.78 is 2.08. The Bertz CT molecular complexity index is 997. The zero-order valence-electron chi connectivity index (χ0n) is 20.1. The molecule has 33 heavy (non-hydrogen) atoms. The van der Waals surface area contributed by atoms with Crippen LogP contribution >= 0.6 is 12.4 Å². The van der Waals surface area contributed by atoms with Gasteiger partial charge in [-0.05, 0) is 55.2 Å². The fourth-order valence-corrected chi connectivity index (χ4v) is 4.12. The lowest BCUT2D eigenvalue weighted by atomic mass is 10.1. The summed E-state index contributed by atoms with van der Waals surface area (Å²) in [6.07, 6.45) is 12.2. The van der Waals surface area contributed by atoms with Gasteiger partial charge in [0.2, 0.25) is 5.95 Å². The summed E-state index contributed by atoms with van der Waals surface area (Å²) in [7, 11) is 0. The molecule has 0 atom stereocenters. The van der Waals surface area contributed by atoms with Gasteiger partial charge in [-0.3, -0.25) is 4.79 Å². The number of unbranched alkanes of at least 4 members (excludes halogenated alkanes) is 7. The number of nitrogens with two attached hydrogens (primary N) is 1. The average Bonchev–Trinajstić information content (AvgIpc) is 3.11. The largest absolute Gasteiger partial charge is 0.369 e. The molecule has 0 aliphatic heterocycles. The number of imidazole rings is 1. The van der Waals surface area contributed by atoms with E-state index in [0.717, 1.165) is 36.1 Å². The SMILES string of the molecule is CCCCCCCCn1c(N)nc2cc(NC(=O)c3ccc(CCCCC)cc3)ccc21.Cl. The fourth-order valence-electron chi connectivity index (χ4n) is 4.12. The van der Waals surface area contributed by atoms with E-state index in [9.17, 15) is 4.79 Å². The number of fused-ring (bicyclic) bond motifs is 1. The first-order valence-electron chi connectivity index (χ1n) is 12.3. The van der Waals surface area contributed by atoms with Gasteiger partial charge in [-0.1, -0.05) is 70.9 Å². The number of carbonyl (C=O) groups is 1.